The van der Waals surface area contributed by atoms with Crippen molar-refractivity contribution in [3.63, 3.8) is 0 Å². The Morgan fingerprint density at radius 1 is 1.03 bits per heavy atom. The topological polar surface area (TPSA) is 24.4 Å². The van der Waals surface area contributed by atoms with Crippen LogP contribution in [0.4, 0.5) is 0 Å². The molecule has 2 aliphatic rings. The van der Waals surface area contributed by atoms with Gasteiger partial charge in [0.2, 0.25) is 0 Å². The molecule has 0 aromatic heterocycles. The number of nitrogens with zero attached hydrogens (tertiary/aromatic N) is 1. The van der Waals surface area contributed by atoms with E-state index >= 15 is 0 Å². The lowest BCUT2D eigenvalue weighted by Gasteiger charge is -2.41. The third-order valence-corrected chi connectivity index (χ3v) is 7.69. The van der Waals surface area contributed by atoms with Gasteiger partial charge in [-0.1, -0.05) is 87.8 Å². The molecular weight excluding hydrogens is 436 g/mol. The summed E-state index contributed by atoms with van der Waals surface area (Å²) in [6.07, 6.45) is 21.9. The minimum absolute atomic E-state index is 0.217. The number of hydrogen-bond donors (Lipinski definition) is 1. The number of amidine groups is 1. The molecule has 1 fully saturated rings. The van der Waals surface area contributed by atoms with Crippen molar-refractivity contribution in [1.29, 1.82) is 0 Å². The summed E-state index contributed by atoms with van der Waals surface area (Å²) in [5.41, 5.74) is 4.03. The van der Waals surface area contributed by atoms with Crippen LogP contribution in [-0.2, 0) is 6.42 Å². The number of halogens is 1. The minimum Gasteiger partial charge on any atom is -0.363 e. The second-order valence-corrected chi connectivity index (χ2v) is 11.0. The van der Waals surface area contributed by atoms with E-state index in [-0.39, 0.29) is 11.4 Å². The van der Waals surface area contributed by atoms with Crippen LogP contribution in [0.15, 0.2) is 65.2 Å². The van der Waals surface area contributed by atoms with Crippen LogP contribution in [0, 0.1) is 11.8 Å². The van der Waals surface area contributed by atoms with Gasteiger partial charge in [-0.25, -0.2) is 0 Å². The van der Waals surface area contributed by atoms with Gasteiger partial charge >= 0.3 is 0 Å². The van der Waals surface area contributed by atoms with Gasteiger partial charge in [0.25, 0.3) is 0 Å². The van der Waals surface area contributed by atoms with E-state index in [0.29, 0.717) is 17.9 Å². The second kappa shape index (κ2) is 13.9. The molecule has 0 spiro atoms. The number of hydrogen-bond acceptors (Lipinski definition) is 2. The van der Waals surface area contributed by atoms with E-state index in [4.69, 9.17) is 16.6 Å². The molecule has 0 amide bonds. The molecule has 3 heteroatoms. The van der Waals surface area contributed by atoms with E-state index in [9.17, 15) is 0 Å². The molecular formula is C31H45ClN2. The van der Waals surface area contributed by atoms with Gasteiger partial charge in [0.1, 0.15) is 5.84 Å². The number of alkyl halides is 1. The second-order valence-electron chi connectivity index (χ2n) is 10.2. The van der Waals surface area contributed by atoms with Crippen molar-refractivity contribution in [2.45, 2.75) is 103 Å². The zero-order chi connectivity index (χ0) is 24.3. The first-order valence-corrected chi connectivity index (χ1v) is 14.0. The van der Waals surface area contributed by atoms with Crippen LogP contribution < -0.4 is 5.32 Å². The Kier molecular flexibility index (Phi) is 11.0. The highest BCUT2D eigenvalue weighted by Gasteiger charge is 2.36. The normalized spacial score (nSPS) is 25.0. The Balaban J connectivity index is 1.83. The zero-order valence-corrected chi connectivity index (χ0v) is 22.5. The smallest absolute Gasteiger partial charge is 0.129 e. The standard InChI is InChI=1S/C31H45ClN2/c1-5-7-8-9-11-14-25-19-21-27(22-20-25)31-33-29(23(3)17-18-24(4)32)28(6-2)30(34-31)26-15-12-10-13-16-26/h6-9,11,19-24,26,29-30H,5,10,12-18H2,1-4H3,(H,33,34)/b8-7-,11-9-,28-6-. The highest BCUT2D eigenvalue weighted by Crippen LogP contribution is 2.36. The average Bonchev–Trinajstić information content (AvgIpc) is 2.87. The molecule has 186 valence electrons. The Morgan fingerprint density at radius 3 is 2.38 bits per heavy atom. The van der Waals surface area contributed by atoms with Gasteiger partial charge in [-0.05, 0) is 75.3 Å². The SMILES string of the molecule is C/C=C1/C(C(C)CCC(C)Cl)N=C(c2ccc(C/C=C\C=C/CC)cc2)NC1C1CCCCC1. The number of benzene rings is 1. The fraction of sp³-hybridized carbons (Fsp3) is 0.581. The fourth-order valence-electron chi connectivity index (χ4n) is 5.43. The molecule has 0 saturated heterocycles. The van der Waals surface area contributed by atoms with Crippen LogP contribution in [0.5, 0.6) is 0 Å². The Labute approximate surface area is 213 Å². The van der Waals surface area contributed by atoms with E-state index in [1.165, 1.54) is 48.8 Å². The van der Waals surface area contributed by atoms with Crippen LogP contribution in [0.3, 0.4) is 0 Å². The lowest BCUT2D eigenvalue weighted by molar-refractivity contribution is 0.289. The van der Waals surface area contributed by atoms with E-state index in [2.05, 4.69) is 87.7 Å². The first-order chi connectivity index (χ1) is 16.5. The molecule has 2 nitrogen and oxygen atoms in total. The fourth-order valence-corrected chi connectivity index (χ4v) is 5.56. The van der Waals surface area contributed by atoms with Crippen LogP contribution >= 0.6 is 11.6 Å². The highest BCUT2D eigenvalue weighted by molar-refractivity contribution is 6.20. The van der Waals surface area contributed by atoms with Crippen molar-refractivity contribution in [2.75, 3.05) is 0 Å². The lowest BCUT2D eigenvalue weighted by Crippen LogP contribution is -2.50. The van der Waals surface area contributed by atoms with Gasteiger partial charge in [0.15, 0.2) is 0 Å². The van der Waals surface area contributed by atoms with Crippen molar-refractivity contribution in [3.05, 3.63) is 71.3 Å². The monoisotopic (exact) mass is 480 g/mol. The largest absolute Gasteiger partial charge is 0.363 e. The van der Waals surface area contributed by atoms with Crippen molar-refractivity contribution in [3.8, 4) is 0 Å². The summed E-state index contributed by atoms with van der Waals surface area (Å²) >= 11 is 6.31. The molecule has 0 bridgehead atoms. The van der Waals surface area contributed by atoms with Gasteiger partial charge in [-0.2, -0.15) is 0 Å². The Morgan fingerprint density at radius 2 is 1.74 bits per heavy atom. The number of rotatable bonds is 10. The number of nitrogens with one attached hydrogen (secondary N) is 1. The predicted octanol–water partition coefficient (Wildman–Crippen LogP) is 8.41. The van der Waals surface area contributed by atoms with Crippen molar-refractivity contribution in [1.82, 2.24) is 5.32 Å². The van der Waals surface area contributed by atoms with Crippen LogP contribution in [-0.4, -0.2) is 23.3 Å². The molecule has 1 aromatic rings. The van der Waals surface area contributed by atoms with E-state index in [1.807, 2.05) is 0 Å². The van der Waals surface area contributed by atoms with Crippen LogP contribution in [0.1, 0.15) is 90.2 Å². The van der Waals surface area contributed by atoms with Crippen molar-refractivity contribution < 1.29 is 0 Å². The van der Waals surface area contributed by atoms with Gasteiger partial charge in [0, 0.05) is 10.9 Å². The summed E-state index contributed by atoms with van der Waals surface area (Å²) in [6.45, 7) is 8.83. The van der Waals surface area contributed by atoms with E-state index in [1.54, 1.807) is 0 Å². The van der Waals surface area contributed by atoms with E-state index in [0.717, 1.165) is 31.5 Å². The van der Waals surface area contributed by atoms with Crippen molar-refractivity contribution in [2.24, 2.45) is 16.8 Å². The summed E-state index contributed by atoms with van der Waals surface area (Å²) < 4.78 is 0. The molecule has 1 aromatic carbocycles. The summed E-state index contributed by atoms with van der Waals surface area (Å²) in [7, 11) is 0. The number of aliphatic imine (C=N–C) groups is 1. The van der Waals surface area contributed by atoms with E-state index < -0.39 is 0 Å². The Hall–Kier alpha value is -1.80. The van der Waals surface area contributed by atoms with Gasteiger partial charge < -0.3 is 5.32 Å². The third kappa shape index (κ3) is 7.60. The van der Waals surface area contributed by atoms with Gasteiger partial charge in [-0.15, -0.1) is 11.6 Å². The molecule has 1 aliphatic carbocycles. The summed E-state index contributed by atoms with van der Waals surface area (Å²) in [4.78, 5) is 5.32. The Bertz CT molecular complexity index is 856. The molecule has 34 heavy (non-hydrogen) atoms. The minimum atomic E-state index is 0.217. The molecule has 1 heterocycles. The van der Waals surface area contributed by atoms with Gasteiger partial charge in [0.05, 0.1) is 12.1 Å². The highest BCUT2D eigenvalue weighted by atomic mass is 35.5. The van der Waals surface area contributed by atoms with Crippen LogP contribution in [0.2, 0.25) is 0 Å². The summed E-state index contributed by atoms with van der Waals surface area (Å²) in [5, 5.41) is 4.13. The van der Waals surface area contributed by atoms with Crippen molar-refractivity contribution >= 4 is 17.4 Å². The average molecular weight is 481 g/mol. The molecule has 4 atom stereocenters. The zero-order valence-electron chi connectivity index (χ0n) is 21.8. The molecule has 1 N–H and O–H groups in total. The number of allylic oxidation sites excluding steroid dienone is 5. The maximum atomic E-state index is 6.31. The van der Waals surface area contributed by atoms with Crippen LogP contribution in [0.25, 0.3) is 0 Å². The van der Waals surface area contributed by atoms with Gasteiger partial charge in [-0.3, -0.25) is 4.99 Å². The maximum Gasteiger partial charge on any atom is 0.129 e. The first-order valence-electron chi connectivity index (χ1n) is 13.6. The quantitative estimate of drug-likeness (QED) is 0.203. The third-order valence-electron chi connectivity index (χ3n) is 7.47. The molecule has 1 aliphatic heterocycles. The molecule has 4 unspecified atom stereocenters. The summed E-state index contributed by atoms with van der Waals surface area (Å²) in [5.74, 6) is 2.26. The maximum absolute atomic E-state index is 6.31. The molecule has 3 rings (SSSR count). The first kappa shape index (κ1) is 26.8. The predicted molar refractivity (Wildman–Crippen MR) is 150 cm³/mol. The summed E-state index contributed by atoms with van der Waals surface area (Å²) in [6, 6.07) is 9.63. The molecule has 0 radical (unpaired) electrons. The lowest BCUT2D eigenvalue weighted by atomic mass is 9.75. The molecule has 1 saturated carbocycles.